The van der Waals surface area contributed by atoms with E-state index in [1.165, 1.54) is 7.11 Å². The maximum Gasteiger partial charge on any atom is 0.260 e. The van der Waals surface area contributed by atoms with E-state index < -0.39 is 0 Å². The van der Waals surface area contributed by atoms with Gasteiger partial charge in [-0.05, 0) is 55.4 Å². The van der Waals surface area contributed by atoms with E-state index in [0.717, 1.165) is 22.4 Å². The molecule has 0 saturated heterocycles. The predicted octanol–water partition coefficient (Wildman–Crippen LogP) is 4.88. The lowest BCUT2D eigenvalue weighted by atomic mass is 10.1. The minimum absolute atomic E-state index is 0.320. The van der Waals surface area contributed by atoms with Crippen molar-refractivity contribution in [3.05, 3.63) is 58.1 Å². The van der Waals surface area contributed by atoms with Crippen molar-refractivity contribution in [2.45, 2.75) is 20.5 Å². The van der Waals surface area contributed by atoms with E-state index in [4.69, 9.17) is 33.3 Å². The van der Waals surface area contributed by atoms with Gasteiger partial charge in [-0.2, -0.15) is 0 Å². The number of nitrogens with one attached hydrogen (secondary N) is 1. The summed E-state index contributed by atoms with van der Waals surface area (Å²) in [6.45, 7) is 4.41. The molecule has 0 aromatic heterocycles. The zero-order chi connectivity index (χ0) is 16.1. The highest BCUT2D eigenvalue weighted by Gasteiger charge is 2.09. The number of hydrogen-bond acceptors (Lipinski definition) is 3. The van der Waals surface area contributed by atoms with Gasteiger partial charge in [-0.1, -0.05) is 29.8 Å². The molecule has 0 bridgehead atoms. The number of benzene rings is 2. The number of hydrogen-bond donors (Lipinski definition) is 1. The van der Waals surface area contributed by atoms with Crippen molar-refractivity contribution in [3.8, 4) is 5.75 Å². The Balaban J connectivity index is 2.19. The first-order valence-corrected chi connectivity index (χ1v) is 7.62. The van der Waals surface area contributed by atoms with Crippen LogP contribution in [0.2, 0.25) is 5.02 Å². The Morgan fingerprint density at radius 1 is 1.23 bits per heavy atom. The lowest BCUT2D eigenvalue weighted by Gasteiger charge is -2.16. The van der Waals surface area contributed by atoms with Gasteiger partial charge in [0.05, 0.1) is 12.1 Å². The topological polar surface area (TPSA) is 30.5 Å². The van der Waals surface area contributed by atoms with Gasteiger partial charge >= 0.3 is 0 Å². The molecule has 0 aliphatic carbocycles. The largest absolute Gasteiger partial charge is 0.487 e. The van der Waals surface area contributed by atoms with Crippen molar-refractivity contribution in [3.63, 3.8) is 0 Å². The molecule has 1 N–H and O–H groups in total. The van der Waals surface area contributed by atoms with E-state index in [1.54, 1.807) is 0 Å². The first-order chi connectivity index (χ1) is 10.5. The first-order valence-electron chi connectivity index (χ1n) is 6.83. The molecule has 116 valence electrons. The minimum atomic E-state index is 0.320. The van der Waals surface area contributed by atoms with Gasteiger partial charge in [0.25, 0.3) is 5.17 Å². The second-order valence-corrected chi connectivity index (χ2v) is 5.72. The molecule has 0 radical (unpaired) electrons. The molecule has 0 spiro atoms. The zero-order valence-corrected chi connectivity index (χ0v) is 14.3. The molecule has 2 aromatic rings. The molecule has 0 saturated carbocycles. The van der Waals surface area contributed by atoms with Gasteiger partial charge in [0.2, 0.25) is 0 Å². The smallest absolute Gasteiger partial charge is 0.260 e. The van der Waals surface area contributed by atoms with E-state index in [0.29, 0.717) is 22.6 Å². The van der Waals surface area contributed by atoms with Gasteiger partial charge in [-0.25, -0.2) is 0 Å². The SMILES string of the molecule is COC(=S)Nc1cccc(C)c1COc1ccc(C)cc1Cl. The summed E-state index contributed by atoms with van der Waals surface area (Å²) in [5, 5.41) is 3.98. The van der Waals surface area contributed by atoms with Gasteiger partial charge in [0.1, 0.15) is 12.4 Å². The van der Waals surface area contributed by atoms with Crippen LogP contribution in [0, 0.1) is 13.8 Å². The monoisotopic (exact) mass is 335 g/mol. The van der Waals surface area contributed by atoms with Crippen LogP contribution in [0.15, 0.2) is 36.4 Å². The highest BCUT2D eigenvalue weighted by atomic mass is 35.5. The van der Waals surface area contributed by atoms with Gasteiger partial charge in [-0.15, -0.1) is 0 Å². The van der Waals surface area contributed by atoms with E-state index in [9.17, 15) is 0 Å². The molecular weight excluding hydrogens is 318 g/mol. The molecule has 0 aliphatic heterocycles. The molecule has 0 aliphatic rings. The van der Waals surface area contributed by atoms with Gasteiger partial charge < -0.3 is 14.8 Å². The van der Waals surface area contributed by atoms with Crippen molar-refractivity contribution >= 4 is 34.7 Å². The number of anilines is 1. The summed E-state index contributed by atoms with van der Waals surface area (Å²) in [5.41, 5.74) is 4.09. The van der Waals surface area contributed by atoms with Crippen LogP contribution in [-0.2, 0) is 11.3 Å². The Bertz CT molecular complexity index is 688. The van der Waals surface area contributed by atoms with Crippen molar-refractivity contribution in [2.24, 2.45) is 0 Å². The highest BCUT2D eigenvalue weighted by molar-refractivity contribution is 7.80. The Morgan fingerprint density at radius 2 is 2.00 bits per heavy atom. The molecule has 0 atom stereocenters. The maximum absolute atomic E-state index is 6.20. The van der Waals surface area contributed by atoms with Crippen LogP contribution < -0.4 is 10.1 Å². The molecule has 5 heteroatoms. The van der Waals surface area contributed by atoms with Crippen molar-refractivity contribution < 1.29 is 9.47 Å². The number of rotatable bonds is 4. The van der Waals surface area contributed by atoms with Crippen LogP contribution in [0.1, 0.15) is 16.7 Å². The van der Waals surface area contributed by atoms with E-state index in [1.807, 2.05) is 50.2 Å². The van der Waals surface area contributed by atoms with Crippen LogP contribution >= 0.6 is 23.8 Å². The molecule has 0 fully saturated rings. The molecule has 0 unspecified atom stereocenters. The summed E-state index contributed by atoms with van der Waals surface area (Å²) < 4.78 is 10.9. The summed E-state index contributed by atoms with van der Waals surface area (Å²) in [4.78, 5) is 0. The van der Waals surface area contributed by atoms with Crippen LogP contribution in [-0.4, -0.2) is 12.3 Å². The van der Waals surface area contributed by atoms with Crippen molar-refractivity contribution in [1.82, 2.24) is 0 Å². The third-order valence-corrected chi connectivity index (χ3v) is 3.86. The second kappa shape index (κ2) is 7.47. The fourth-order valence-corrected chi connectivity index (χ4v) is 2.44. The Morgan fingerprint density at radius 3 is 2.68 bits per heavy atom. The van der Waals surface area contributed by atoms with E-state index in [2.05, 4.69) is 5.32 Å². The average molecular weight is 336 g/mol. The van der Waals surface area contributed by atoms with Crippen LogP contribution in [0.5, 0.6) is 5.75 Å². The van der Waals surface area contributed by atoms with Crippen molar-refractivity contribution in [1.29, 1.82) is 0 Å². The molecule has 22 heavy (non-hydrogen) atoms. The number of halogens is 1. The summed E-state index contributed by atoms with van der Waals surface area (Å²) >= 11 is 11.3. The fraction of sp³-hybridized carbons (Fsp3) is 0.235. The lowest BCUT2D eigenvalue weighted by molar-refractivity contribution is 0.306. The molecule has 3 nitrogen and oxygen atoms in total. The number of ether oxygens (including phenoxy) is 2. The molecule has 2 rings (SSSR count). The quantitative estimate of drug-likeness (QED) is 0.807. The summed E-state index contributed by atoms with van der Waals surface area (Å²) in [6, 6.07) is 11.7. The van der Waals surface area contributed by atoms with Crippen LogP contribution in [0.3, 0.4) is 0 Å². The highest BCUT2D eigenvalue weighted by Crippen LogP contribution is 2.28. The van der Waals surface area contributed by atoms with Crippen LogP contribution in [0.25, 0.3) is 0 Å². The molecule has 2 aromatic carbocycles. The third-order valence-electron chi connectivity index (χ3n) is 3.29. The third kappa shape index (κ3) is 4.12. The second-order valence-electron chi connectivity index (χ2n) is 4.94. The van der Waals surface area contributed by atoms with Crippen molar-refractivity contribution in [2.75, 3.05) is 12.4 Å². The Hall–Kier alpha value is -1.78. The summed E-state index contributed by atoms with van der Waals surface area (Å²) in [5.74, 6) is 0.663. The summed E-state index contributed by atoms with van der Waals surface area (Å²) in [7, 11) is 1.54. The van der Waals surface area contributed by atoms with E-state index in [-0.39, 0.29) is 0 Å². The fourth-order valence-electron chi connectivity index (χ4n) is 2.04. The minimum Gasteiger partial charge on any atom is -0.487 e. The van der Waals surface area contributed by atoms with E-state index >= 15 is 0 Å². The number of aryl methyl sites for hydroxylation is 2. The number of methoxy groups -OCH3 is 1. The van der Waals surface area contributed by atoms with Gasteiger partial charge in [0.15, 0.2) is 0 Å². The predicted molar refractivity (Wildman–Crippen MR) is 94.9 cm³/mol. The zero-order valence-electron chi connectivity index (χ0n) is 12.8. The standard InChI is InChI=1S/C17H18ClNO2S/c1-11-7-8-16(14(18)9-11)21-10-13-12(2)5-4-6-15(13)19-17(22)20-3/h4-9H,10H2,1-3H3,(H,19,22). The number of thiocarbonyl (C=S) groups is 1. The normalized spacial score (nSPS) is 10.2. The molecule has 0 heterocycles. The molecular formula is C17H18ClNO2S. The van der Waals surface area contributed by atoms with Crippen LogP contribution in [0.4, 0.5) is 5.69 Å². The Labute approximate surface area is 141 Å². The molecule has 0 amide bonds. The maximum atomic E-state index is 6.20. The Kier molecular flexibility index (Phi) is 5.63. The lowest BCUT2D eigenvalue weighted by Crippen LogP contribution is -2.13. The van der Waals surface area contributed by atoms with Gasteiger partial charge in [-0.3, -0.25) is 0 Å². The van der Waals surface area contributed by atoms with Gasteiger partial charge in [0, 0.05) is 11.3 Å². The average Bonchev–Trinajstić information content (AvgIpc) is 2.48. The summed E-state index contributed by atoms with van der Waals surface area (Å²) in [6.07, 6.45) is 0. The first kappa shape index (κ1) is 16.6.